The Labute approximate surface area is 179 Å². The number of aromatic nitrogens is 2. The minimum Gasteiger partial charge on any atom is -0.444 e. The number of nitrogens with zero attached hydrogens (tertiary/aromatic N) is 3. The summed E-state index contributed by atoms with van der Waals surface area (Å²) < 4.78 is 10.8. The van der Waals surface area contributed by atoms with E-state index in [2.05, 4.69) is 15.5 Å². The first-order chi connectivity index (χ1) is 14.7. The first-order valence-electron chi connectivity index (χ1n) is 9.79. The monoisotopic (exact) mass is 424 g/mol. The summed E-state index contributed by atoms with van der Waals surface area (Å²) in [5.41, 5.74) is 1.16. The number of carbonyl (C=O) groups excluding carboxylic acids is 1. The molecule has 0 saturated heterocycles. The Kier molecular flexibility index (Phi) is 6.64. The molecule has 31 heavy (non-hydrogen) atoms. The van der Waals surface area contributed by atoms with Crippen molar-refractivity contribution in [3.63, 3.8) is 0 Å². The number of non-ortho nitro benzene ring substituents is 1. The lowest BCUT2D eigenvalue weighted by atomic mass is 10.1. The minimum atomic E-state index is -0.642. The molecule has 0 spiro atoms. The van der Waals surface area contributed by atoms with Gasteiger partial charge in [0.25, 0.3) is 5.69 Å². The Hall–Kier alpha value is -3.75. The van der Waals surface area contributed by atoms with E-state index in [0.29, 0.717) is 18.7 Å². The number of alkyl carbamates (subject to hydrolysis) is 1. The number of benzene rings is 2. The van der Waals surface area contributed by atoms with Crippen molar-refractivity contribution in [1.29, 1.82) is 0 Å². The highest BCUT2D eigenvalue weighted by Crippen LogP contribution is 2.20. The van der Waals surface area contributed by atoms with E-state index >= 15 is 0 Å². The molecule has 3 aromatic rings. The molecule has 0 aliphatic rings. The van der Waals surface area contributed by atoms with Crippen LogP contribution in [0, 0.1) is 10.1 Å². The molecule has 1 aromatic heterocycles. The molecule has 1 heterocycles. The van der Waals surface area contributed by atoms with E-state index in [9.17, 15) is 14.9 Å². The summed E-state index contributed by atoms with van der Waals surface area (Å²) in [6, 6.07) is 15.2. The molecule has 1 atom stereocenters. The highest BCUT2D eigenvalue weighted by atomic mass is 16.6. The molecule has 1 N–H and O–H groups in total. The molecule has 3 rings (SSSR count). The Morgan fingerprint density at radius 1 is 1.13 bits per heavy atom. The first-order valence-corrected chi connectivity index (χ1v) is 9.79. The molecule has 9 nitrogen and oxygen atoms in total. The molecule has 0 saturated carbocycles. The Morgan fingerprint density at radius 3 is 2.42 bits per heavy atom. The van der Waals surface area contributed by atoms with Gasteiger partial charge in [0, 0.05) is 25.0 Å². The van der Waals surface area contributed by atoms with E-state index in [-0.39, 0.29) is 11.6 Å². The SMILES string of the molecule is CC(C)(C)OC(=O)NC(Cc1ccccc1)c1nc(Cc2ccc([N+](=O)[O-])cc2)no1. The van der Waals surface area contributed by atoms with Crippen LogP contribution in [-0.4, -0.2) is 26.8 Å². The molecular formula is C22H24N4O5. The zero-order valence-electron chi connectivity index (χ0n) is 17.6. The zero-order chi connectivity index (χ0) is 22.4. The van der Waals surface area contributed by atoms with Crippen molar-refractivity contribution in [2.24, 2.45) is 0 Å². The van der Waals surface area contributed by atoms with Crippen LogP contribution in [0.5, 0.6) is 0 Å². The molecule has 0 radical (unpaired) electrons. The molecule has 0 fully saturated rings. The van der Waals surface area contributed by atoms with Crippen molar-refractivity contribution < 1.29 is 19.0 Å². The van der Waals surface area contributed by atoms with Gasteiger partial charge in [0.15, 0.2) is 5.82 Å². The van der Waals surface area contributed by atoms with Crippen LogP contribution < -0.4 is 5.32 Å². The fourth-order valence-electron chi connectivity index (χ4n) is 2.90. The molecule has 0 aliphatic carbocycles. The van der Waals surface area contributed by atoms with Crippen LogP contribution in [0.15, 0.2) is 59.1 Å². The van der Waals surface area contributed by atoms with Gasteiger partial charge >= 0.3 is 6.09 Å². The van der Waals surface area contributed by atoms with Crippen LogP contribution in [0.25, 0.3) is 0 Å². The molecule has 9 heteroatoms. The second-order valence-corrected chi connectivity index (χ2v) is 8.04. The van der Waals surface area contributed by atoms with Crippen LogP contribution in [0.1, 0.15) is 49.7 Å². The molecule has 2 aromatic carbocycles. The van der Waals surface area contributed by atoms with Gasteiger partial charge < -0.3 is 14.6 Å². The summed E-state index contributed by atoms with van der Waals surface area (Å²) in [6.45, 7) is 5.36. The average molecular weight is 424 g/mol. The van der Waals surface area contributed by atoms with Crippen molar-refractivity contribution in [3.05, 3.63) is 87.6 Å². The van der Waals surface area contributed by atoms with Gasteiger partial charge in [-0.1, -0.05) is 47.6 Å². The van der Waals surface area contributed by atoms with E-state index < -0.39 is 22.7 Å². The van der Waals surface area contributed by atoms with Crippen molar-refractivity contribution >= 4 is 11.8 Å². The zero-order valence-corrected chi connectivity index (χ0v) is 17.6. The highest BCUT2D eigenvalue weighted by molar-refractivity contribution is 5.68. The molecule has 0 aliphatic heterocycles. The maximum atomic E-state index is 12.3. The lowest BCUT2D eigenvalue weighted by Crippen LogP contribution is -2.36. The van der Waals surface area contributed by atoms with Gasteiger partial charge in [-0.05, 0) is 31.9 Å². The van der Waals surface area contributed by atoms with Crippen LogP contribution in [0.3, 0.4) is 0 Å². The summed E-state index contributed by atoms with van der Waals surface area (Å²) >= 11 is 0. The summed E-state index contributed by atoms with van der Waals surface area (Å²) in [5, 5.41) is 17.6. The highest BCUT2D eigenvalue weighted by Gasteiger charge is 2.25. The number of amides is 1. The van der Waals surface area contributed by atoms with Gasteiger partial charge in [-0.3, -0.25) is 10.1 Å². The summed E-state index contributed by atoms with van der Waals surface area (Å²) in [7, 11) is 0. The normalized spacial score (nSPS) is 12.2. The minimum absolute atomic E-state index is 0.0158. The van der Waals surface area contributed by atoms with E-state index in [1.807, 2.05) is 30.3 Å². The van der Waals surface area contributed by atoms with Gasteiger partial charge in [0.1, 0.15) is 11.6 Å². The van der Waals surface area contributed by atoms with Crippen LogP contribution in [0.4, 0.5) is 10.5 Å². The maximum absolute atomic E-state index is 12.3. The number of rotatable bonds is 7. The van der Waals surface area contributed by atoms with Crippen molar-refractivity contribution in [3.8, 4) is 0 Å². The number of hydrogen-bond acceptors (Lipinski definition) is 7. The molecule has 1 amide bonds. The topological polar surface area (TPSA) is 120 Å². The summed E-state index contributed by atoms with van der Waals surface area (Å²) in [4.78, 5) is 27.1. The number of nitro benzene ring substituents is 1. The first kappa shape index (κ1) is 21.9. The van der Waals surface area contributed by atoms with E-state index in [1.165, 1.54) is 12.1 Å². The molecule has 1 unspecified atom stereocenters. The van der Waals surface area contributed by atoms with Crippen molar-refractivity contribution in [1.82, 2.24) is 15.5 Å². The lowest BCUT2D eigenvalue weighted by Gasteiger charge is -2.22. The predicted octanol–water partition coefficient (Wildman–Crippen LogP) is 4.38. The van der Waals surface area contributed by atoms with Gasteiger partial charge in [0.05, 0.1) is 4.92 Å². The number of nitro groups is 1. The van der Waals surface area contributed by atoms with Gasteiger partial charge in [-0.2, -0.15) is 4.98 Å². The Balaban J connectivity index is 1.76. The van der Waals surface area contributed by atoms with Crippen molar-refractivity contribution in [2.75, 3.05) is 0 Å². The predicted molar refractivity (Wildman–Crippen MR) is 112 cm³/mol. The summed E-state index contributed by atoms with van der Waals surface area (Å²) in [6.07, 6.45) is 0.203. The fourth-order valence-corrected chi connectivity index (χ4v) is 2.90. The quantitative estimate of drug-likeness (QED) is 0.441. The number of nitrogens with one attached hydrogen (secondary N) is 1. The molecule has 0 bridgehead atoms. The van der Waals surface area contributed by atoms with Crippen LogP contribution in [-0.2, 0) is 17.6 Å². The summed E-state index contributed by atoms with van der Waals surface area (Å²) in [5.74, 6) is 0.666. The standard InChI is InChI=1S/C22H24N4O5/c1-22(2,3)30-21(27)23-18(13-15-7-5-4-6-8-15)20-24-19(25-31-20)14-16-9-11-17(12-10-16)26(28)29/h4-12,18H,13-14H2,1-3H3,(H,23,27). The lowest BCUT2D eigenvalue weighted by molar-refractivity contribution is -0.384. The number of hydrogen-bond donors (Lipinski definition) is 1. The second-order valence-electron chi connectivity index (χ2n) is 8.04. The largest absolute Gasteiger partial charge is 0.444 e. The smallest absolute Gasteiger partial charge is 0.408 e. The Morgan fingerprint density at radius 2 is 1.81 bits per heavy atom. The Bertz CT molecular complexity index is 1030. The maximum Gasteiger partial charge on any atom is 0.408 e. The third-order valence-electron chi connectivity index (χ3n) is 4.26. The average Bonchev–Trinajstić information content (AvgIpc) is 3.16. The van der Waals surface area contributed by atoms with E-state index in [4.69, 9.17) is 9.26 Å². The van der Waals surface area contributed by atoms with Gasteiger partial charge in [-0.15, -0.1) is 0 Å². The molecule has 162 valence electrons. The second kappa shape index (κ2) is 9.38. The fraction of sp³-hybridized carbons (Fsp3) is 0.318. The van der Waals surface area contributed by atoms with Crippen molar-refractivity contribution in [2.45, 2.75) is 45.3 Å². The van der Waals surface area contributed by atoms with Gasteiger partial charge in [0.2, 0.25) is 5.89 Å². The van der Waals surface area contributed by atoms with Gasteiger partial charge in [-0.25, -0.2) is 4.79 Å². The number of ether oxygens (including phenoxy) is 1. The third kappa shape index (κ3) is 6.63. The van der Waals surface area contributed by atoms with Crippen LogP contribution in [0.2, 0.25) is 0 Å². The third-order valence-corrected chi connectivity index (χ3v) is 4.26. The molecular weight excluding hydrogens is 400 g/mol. The number of carbonyl (C=O) groups is 1. The van der Waals surface area contributed by atoms with E-state index in [0.717, 1.165) is 11.1 Å². The van der Waals surface area contributed by atoms with E-state index in [1.54, 1.807) is 32.9 Å². The van der Waals surface area contributed by atoms with Crippen LogP contribution >= 0.6 is 0 Å².